The fraction of sp³-hybridized carbons (Fsp3) is 0.717. The molecule has 0 amide bonds. The summed E-state index contributed by atoms with van der Waals surface area (Å²) in [7, 11) is 5.40. The second-order valence-electron chi connectivity index (χ2n) is 19.4. The van der Waals surface area contributed by atoms with E-state index in [0.29, 0.717) is 12.8 Å². The Bertz CT molecular complexity index is 1380. The van der Waals surface area contributed by atoms with Gasteiger partial charge in [0.25, 0.3) is 0 Å². The highest BCUT2D eigenvalue weighted by Crippen LogP contribution is 2.16. The number of likely N-dealkylation sites (N-methyl/N-ethyl adjacent to an activating group) is 1. The van der Waals surface area contributed by atoms with Crippen molar-refractivity contribution < 1.29 is 38.2 Å². The predicted octanol–water partition coefficient (Wildman–Crippen LogP) is 15.1. The number of quaternary nitrogens is 1. The van der Waals surface area contributed by atoms with Gasteiger partial charge in [0.05, 0.1) is 40.3 Å². The molecule has 0 aliphatic carbocycles. The second-order valence-corrected chi connectivity index (χ2v) is 19.4. The van der Waals surface area contributed by atoms with Crippen LogP contribution >= 0.6 is 0 Å². The van der Waals surface area contributed by atoms with E-state index in [4.69, 9.17) is 14.2 Å². The maximum absolute atomic E-state index is 12.8. The number of carbonyl (C=O) groups is 3. The number of nitrogens with zero attached hydrogens (tertiary/aromatic N) is 1. The van der Waals surface area contributed by atoms with Gasteiger partial charge in [-0.2, -0.15) is 0 Å². The van der Waals surface area contributed by atoms with Gasteiger partial charge in [0.2, 0.25) is 0 Å². The number of carboxylic acids is 1. The van der Waals surface area contributed by atoms with Gasteiger partial charge in [0, 0.05) is 19.3 Å². The summed E-state index contributed by atoms with van der Waals surface area (Å²) in [5.74, 6) is -1.81. The van der Waals surface area contributed by atoms with Gasteiger partial charge in [-0.15, -0.1) is 0 Å². The molecular weight excluding hydrogens is 847 g/mol. The molecule has 0 heterocycles. The molecule has 0 aliphatic rings. The van der Waals surface area contributed by atoms with Crippen molar-refractivity contribution in [2.24, 2.45) is 0 Å². The summed E-state index contributed by atoms with van der Waals surface area (Å²) in [5.41, 5.74) is 0. The molecule has 0 aromatic rings. The van der Waals surface area contributed by atoms with Crippen LogP contribution in [-0.4, -0.2) is 75.5 Å². The zero-order valence-electron chi connectivity index (χ0n) is 44.5. The van der Waals surface area contributed by atoms with Crippen LogP contribution in [0.2, 0.25) is 0 Å². The van der Waals surface area contributed by atoms with Gasteiger partial charge in [0.1, 0.15) is 12.6 Å². The summed E-state index contributed by atoms with van der Waals surface area (Å²) in [4.78, 5) is 37.1. The summed E-state index contributed by atoms with van der Waals surface area (Å²) in [6, 6.07) is -0.738. The van der Waals surface area contributed by atoms with E-state index < -0.39 is 18.1 Å². The van der Waals surface area contributed by atoms with Crippen molar-refractivity contribution in [1.29, 1.82) is 0 Å². The summed E-state index contributed by atoms with van der Waals surface area (Å²) in [5, 5.41) is 11.7. The number of carbonyl (C=O) groups excluding carboxylic acids is 3. The SMILES string of the molecule is CC/C=C/C/C=C/C/C=C/C/C=C/C/C=C/C/C=C/C/C=C/CCCC(=O)OCC(COCCC(C(=O)[O-])[N+](C)(C)C)OC(=O)CCCCCCCCCCCCCCCCCCCCCCC. The minimum Gasteiger partial charge on any atom is -0.544 e. The third-order valence-electron chi connectivity index (χ3n) is 12.0. The van der Waals surface area contributed by atoms with Crippen molar-refractivity contribution in [3.8, 4) is 0 Å². The Morgan fingerprint density at radius 3 is 1.21 bits per heavy atom. The lowest BCUT2D eigenvalue weighted by atomic mass is 10.0. The number of hydrogen-bond donors (Lipinski definition) is 0. The highest BCUT2D eigenvalue weighted by Gasteiger charge is 2.25. The molecular formula is C60H103NO7. The molecule has 0 N–H and O–H groups in total. The van der Waals surface area contributed by atoms with Crippen molar-refractivity contribution in [1.82, 2.24) is 0 Å². The molecule has 0 aliphatic heterocycles. The van der Waals surface area contributed by atoms with Gasteiger partial charge in [-0.05, 0) is 64.2 Å². The number of esters is 2. The lowest BCUT2D eigenvalue weighted by Gasteiger charge is -2.34. The largest absolute Gasteiger partial charge is 0.544 e. The highest BCUT2D eigenvalue weighted by atomic mass is 16.6. The quantitative estimate of drug-likeness (QED) is 0.0259. The van der Waals surface area contributed by atoms with Gasteiger partial charge in [-0.3, -0.25) is 9.59 Å². The Balaban J connectivity index is 4.30. The van der Waals surface area contributed by atoms with E-state index in [1.165, 1.54) is 116 Å². The third kappa shape index (κ3) is 47.6. The smallest absolute Gasteiger partial charge is 0.306 e. The zero-order chi connectivity index (χ0) is 49.9. The zero-order valence-corrected chi connectivity index (χ0v) is 44.5. The third-order valence-corrected chi connectivity index (χ3v) is 12.0. The minimum absolute atomic E-state index is 0.0204. The topological polar surface area (TPSA) is 102 Å². The molecule has 8 nitrogen and oxygen atoms in total. The fourth-order valence-electron chi connectivity index (χ4n) is 7.83. The van der Waals surface area contributed by atoms with Crippen LogP contribution in [0.4, 0.5) is 0 Å². The van der Waals surface area contributed by atoms with Gasteiger partial charge in [-0.1, -0.05) is 227 Å². The number of carboxylic acid groups (broad SMARTS) is 1. The maximum Gasteiger partial charge on any atom is 0.306 e. The first-order valence-electron chi connectivity index (χ1n) is 27.6. The van der Waals surface area contributed by atoms with Crippen LogP contribution in [0.3, 0.4) is 0 Å². The first-order valence-corrected chi connectivity index (χ1v) is 27.6. The van der Waals surface area contributed by atoms with E-state index >= 15 is 0 Å². The normalized spacial score (nSPS) is 13.5. The summed E-state index contributed by atoms with van der Waals surface area (Å²) in [6.07, 6.45) is 66.3. The van der Waals surface area contributed by atoms with E-state index in [1.807, 2.05) is 0 Å². The van der Waals surface area contributed by atoms with Gasteiger partial charge in [0.15, 0.2) is 6.10 Å². The molecule has 0 aromatic heterocycles. The maximum atomic E-state index is 12.8. The number of rotatable bonds is 49. The number of aliphatic carboxylic acids is 1. The van der Waals surface area contributed by atoms with Crippen molar-refractivity contribution in [2.75, 3.05) is 41.0 Å². The highest BCUT2D eigenvalue weighted by molar-refractivity contribution is 5.70. The van der Waals surface area contributed by atoms with Crippen LogP contribution in [0.25, 0.3) is 0 Å². The Morgan fingerprint density at radius 1 is 0.456 bits per heavy atom. The van der Waals surface area contributed by atoms with Crippen molar-refractivity contribution in [3.05, 3.63) is 85.1 Å². The molecule has 2 atom stereocenters. The van der Waals surface area contributed by atoms with Gasteiger partial charge < -0.3 is 28.6 Å². The Kier molecular flexibility index (Phi) is 47.4. The van der Waals surface area contributed by atoms with Crippen LogP contribution in [0.5, 0.6) is 0 Å². The Hall–Kier alpha value is -3.49. The molecule has 0 aromatic carbocycles. The van der Waals surface area contributed by atoms with Crippen LogP contribution in [0, 0.1) is 0 Å². The Morgan fingerprint density at radius 2 is 0.824 bits per heavy atom. The van der Waals surface area contributed by atoms with E-state index in [1.54, 1.807) is 21.1 Å². The second kappa shape index (κ2) is 49.9. The van der Waals surface area contributed by atoms with E-state index in [0.717, 1.165) is 70.6 Å². The van der Waals surface area contributed by atoms with E-state index in [9.17, 15) is 19.5 Å². The molecule has 0 rings (SSSR count). The minimum atomic E-state index is -1.13. The number of unbranched alkanes of at least 4 members (excludes halogenated alkanes) is 21. The van der Waals surface area contributed by atoms with E-state index in [2.05, 4.69) is 98.9 Å². The number of ether oxygens (including phenoxy) is 3. The molecule has 0 spiro atoms. The van der Waals surface area contributed by atoms with E-state index in [-0.39, 0.29) is 49.1 Å². The molecule has 8 heteroatoms. The first kappa shape index (κ1) is 64.5. The summed E-state index contributed by atoms with van der Waals surface area (Å²) < 4.78 is 17.2. The van der Waals surface area contributed by atoms with Crippen LogP contribution in [0.1, 0.15) is 226 Å². The molecule has 68 heavy (non-hydrogen) atoms. The van der Waals surface area contributed by atoms with Gasteiger partial charge >= 0.3 is 11.9 Å². The first-order chi connectivity index (χ1) is 33.1. The molecule has 390 valence electrons. The van der Waals surface area contributed by atoms with Crippen molar-refractivity contribution in [3.63, 3.8) is 0 Å². The lowest BCUT2D eigenvalue weighted by molar-refractivity contribution is -0.889. The number of allylic oxidation sites excluding steroid dienone is 14. The fourth-order valence-corrected chi connectivity index (χ4v) is 7.83. The van der Waals surface area contributed by atoms with Crippen molar-refractivity contribution in [2.45, 2.75) is 238 Å². The molecule has 0 saturated heterocycles. The standard InChI is InChI=1S/C60H103NO7/c1-6-8-10-12-14-16-18-20-22-24-26-28-29-31-32-34-36-38-40-42-44-46-48-50-58(62)67-55-56(54-66-53-52-57(60(64)65)61(3,4)5)68-59(63)51-49-47-45-43-41-39-37-35-33-30-27-25-23-21-19-17-15-13-11-9-7-2/h8,10,14,16,20,22,26,28,31-32,36,38,42,44,56-57H,6-7,9,11-13,15,17-19,21,23-25,27,29-30,33-35,37,39-41,43,45-55H2,1-5H3/b10-8+,16-14+,22-20+,28-26+,32-31+,38-36+,44-42+. The predicted molar refractivity (Wildman–Crippen MR) is 286 cm³/mol. The van der Waals surface area contributed by atoms with Crippen LogP contribution in [0.15, 0.2) is 85.1 Å². The number of hydrogen-bond acceptors (Lipinski definition) is 7. The van der Waals surface area contributed by atoms with Crippen molar-refractivity contribution >= 4 is 17.9 Å². The molecule has 2 unspecified atom stereocenters. The molecule has 0 bridgehead atoms. The average molecular weight is 950 g/mol. The summed E-state index contributed by atoms with van der Waals surface area (Å²) >= 11 is 0. The summed E-state index contributed by atoms with van der Waals surface area (Å²) in [6.45, 7) is 4.51. The Labute approximate surface area is 418 Å². The van der Waals surface area contributed by atoms with Gasteiger partial charge in [-0.25, -0.2) is 0 Å². The van der Waals surface area contributed by atoms with Crippen LogP contribution < -0.4 is 5.11 Å². The lowest BCUT2D eigenvalue weighted by Crippen LogP contribution is -2.55. The molecule has 0 saturated carbocycles. The van der Waals surface area contributed by atoms with Crippen LogP contribution in [-0.2, 0) is 28.6 Å². The average Bonchev–Trinajstić information content (AvgIpc) is 3.30. The monoisotopic (exact) mass is 950 g/mol. The molecule has 0 fully saturated rings. The molecule has 0 radical (unpaired) electrons.